The van der Waals surface area contributed by atoms with E-state index in [-0.39, 0.29) is 45.7 Å². The highest BCUT2D eigenvalue weighted by atomic mass is 32.1. The van der Waals surface area contributed by atoms with Crippen LogP contribution in [0.4, 0.5) is 52.7 Å². The number of carboxylic acid groups (broad SMARTS) is 1. The Morgan fingerprint density at radius 1 is 0.568 bits per heavy atom. The predicted octanol–water partition coefficient (Wildman–Crippen LogP) is 10.6. The van der Waals surface area contributed by atoms with Gasteiger partial charge >= 0.3 is 30.7 Å². The summed E-state index contributed by atoms with van der Waals surface area (Å²) in [6.45, 7) is 0. The van der Waals surface area contributed by atoms with Gasteiger partial charge in [0.25, 0.3) is 0 Å². The lowest BCUT2D eigenvalue weighted by Gasteiger charge is -2.31. The van der Waals surface area contributed by atoms with Crippen LogP contribution in [0.2, 0.25) is 0 Å². The molecule has 2 aromatic heterocycles. The van der Waals surface area contributed by atoms with Crippen molar-refractivity contribution in [2.45, 2.75) is 30.1 Å². The molecule has 0 fully saturated rings. The molecule has 0 saturated heterocycles. The summed E-state index contributed by atoms with van der Waals surface area (Å²) in [5.41, 5.74) is -12.2. The van der Waals surface area contributed by atoms with Gasteiger partial charge in [0.2, 0.25) is 0 Å². The van der Waals surface area contributed by atoms with Gasteiger partial charge in [-0.25, -0.2) is 0 Å². The molecule has 2 heterocycles. The number of carboxylic acids is 1. The first-order valence-corrected chi connectivity index (χ1v) is 13.5. The summed E-state index contributed by atoms with van der Waals surface area (Å²) in [5, 5.41) is 9.78. The van der Waals surface area contributed by atoms with E-state index in [1.54, 1.807) is 0 Å². The number of fused-ring (bicyclic) bond motifs is 2. The van der Waals surface area contributed by atoms with Crippen LogP contribution in [-0.4, -0.2) is 11.1 Å². The SMILES string of the molecule is O=C(O)C(c1cc(C(F)(F)F)cc(C(F)(F)F)c1)(c1cc2ccccc2s1)c1sc2ccc(C(F)(F)F)cc2c1C(F)(F)F. The Balaban J connectivity index is 2.04. The van der Waals surface area contributed by atoms with Crippen LogP contribution in [0.1, 0.15) is 37.6 Å². The highest BCUT2D eigenvalue weighted by Gasteiger charge is 2.54. The number of rotatable bonds is 4. The maximum Gasteiger partial charge on any atom is 0.418 e. The summed E-state index contributed by atoms with van der Waals surface area (Å²) < 4.78 is 168. The fourth-order valence-corrected chi connectivity index (χ4v) is 7.63. The smallest absolute Gasteiger partial charge is 0.418 e. The molecule has 0 bridgehead atoms. The summed E-state index contributed by atoms with van der Waals surface area (Å²) >= 11 is 0.509. The Hall–Kier alpha value is -3.79. The van der Waals surface area contributed by atoms with Gasteiger partial charge in [-0.2, -0.15) is 52.7 Å². The molecule has 1 N–H and O–H groups in total. The molecule has 2 nitrogen and oxygen atoms in total. The lowest BCUT2D eigenvalue weighted by atomic mass is 9.74. The van der Waals surface area contributed by atoms with Gasteiger partial charge in [0.05, 0.1) is 22.3 Å². The van der Waals surface area contributed by atoms with Crippen molar-refractivity contribution < 1.29 is 62.6 Å². The van der Waals surface area contributed by atoms with E-state index in [1.165, 1.54) is 24.3 Å². The van der Waals surface area contributed by atoms with E-state index in [0.29, 0.717) is 23.5 Å². The first-order chi connectivity index (χ1) is 20.1. The number of hydrogen-bond donors (Lipinski definition) is 1. The van der Waals surface area contributed by atoms with Crippen LogP contribution >= 0.6 is 22.7 Å². The minimum atomic E-state index is -5.61. The zero-order valence-electron chi connectivity index (χ0n) is 21.1. The standard InChI is InChI=1S/C28H12F12O2S2/c29-25(30,31)13-5-6-19-17(11-13)21(28(38,39)40)22(44-19)24(23(41)42,20-7-12-3-1-2-4-18(12)43-20)14-8-15(26(32,33)34)10-16(9-14)27(35,36)37/h1-11H,(H,41,42). The fraction of sp³-hybridized carbons (Fsp3) is 0.179. The van der Waals surface area contributed by atoms with Crippen LogP contribution in [0.3, 0.4) is 0 Å². The second-order valence-electron chi connectivity index (χ2n) is 9.51. The minimum Gasteiger partial charge on any atom is -0.480 e. The van der Waals surface area contributed by atoms with Crippen molar-refractivity contribution in [2.75, 3.05) is 0 Å². The quantitative estimate of drug-likeness (QED) is 0.193. The van der Waals surface area contributed by atoms with E-state index in [9.17, 15) is 62.6 Å². The molecule has 0 amide bonds. The van der Waals surface area contributed by atoms with Crippen LogP contribution in [0.25, 0.3) is 20.2 Å². The molecule has 0 aliphatic heterocycles. The van der Waals surface area contributed by atoms with Crippen LogP contribution in [0, 0.1) is 0 Å². The zero-order valence-corrected chi connectivity index (χ0v) is 22.7. The van der Waals surface area contributed by atoms with E-state index in [1.807, 2.05) is 0 Å². The van der Waals surface area contributed by atoms with Crippen molar-refractivity contribution in [1.82, 2.24) is 0 Å². The summed E-state index contributed by atoms with van der Waals surface area (Å²) in [6, 6.07) is 7.60. The summed E-state index contributed by atoms with van der Waals surface area (Å²) in [7, 11) is 0. The lowest BCUT2D eigenvalue weighted by molar-refractivity contribution is -0.146. The fourth-order valence-electron chi connectivity index (χ4n) is 4.87. The monoisotopic (exact) mass is 672 g/mol. The maximum atomic E-state index is 14.8. The van der Waals surface area contributed by atoms with Gasteiger partial charge < -0.3 is 5.11 Å². The highest BCUT2D eigenvalue weighted by Crippen LogP contribution is 2.55. The Bertz CT molecular complexity index is 1840. The van der Waals surface area contributed by atoms with E-state index >= 15 is 0 Å². The Morgan fingerprint density at radius 3 is 1.61 bits per heavy atom. The van der Waals surface area contributed by atoms with E-state index in [2.05, 4.69) is 0 Å². The van der Waals surface area contributed by atoms with Gasteiger partial charge in [-0.15, -0.1) is 22.7 Å². The number of carbonyl (C=O) groups is 1. The van der Waals surface area contributed by atoms with Crippen LogP contribution in [0.15, 0.2) is 66.7 Å². The average molecular weight is 673 g/mol. The number of benzene rings is 3. The third-order valence-electron chi connectivity index (χ3n) is 6.78. The van der Waals surface area contributed by atoms with Gasteiger partial charge in [0, 0.05) is 24.5 Å². The first kappa shape index (κ1) is 31.6. The Morgan fingerprint density at radius 2 is 1.11 bits per heavy atom. The molecule has 44 heavy (non-hydrogen) atoms. The second kappa shape index (κ2) is 10.1. The maximum absolute atomic E-state index is 14.8. The molecule has 0 radical (unpaired) electrons. The van der Waals surface area contributed by atoms with Gasteiger partial charge in [-0.3, -0.25) is 4.79 Å². The molecule has 232 valence electrons. The molecule has 5 aromatic rings. The largest absolute Gasteiger partial charge is 0.480 e. The normalized spacial score (nSPS) is 14.7. The Kier molecular flexibility index (Phi) is 7.28. The summed E-state index contributed by atoms with van der Waals surface area (Å²) in [6.07, 6.45) is -21.8. The number of thiophene rings is 2. The van der Waals surface area contributed by atoms with Crippen molar-refractivity contribution in [3.8, 4) is 0 Å². The highest BCUT2D eigenvalue weighted by molar-refractivity contribution is 7.21. The van der Waals surface area contributed by atoms with Crippen molar-refractivity contribution in [3.63, 3.8) is 0 Å². The van der Waals surface area contributed by atoms with Crippen LogP contribution < -0.4 is 0 Å². The van der Waals surface area contributed by atoms with Gasteiger partial charge in [0.1, 0.15) is 0 Å². The Labute approximate surface area is 245 Å². The third-order valence-corrected chi connectivity index (χ3v) is 9.30. The van der Waals surface area contributed by atoms with Crippen molar-refractivity contribution >= 4 is 48.8 Å². The zero-order chi connectivity index (χ0) is 32.6. The van der Waals surface area contributed by atoms with Crippen molar-refractivity contribution in [2.24, 2.45) is 0 Å². The van der Waals surface area contributed by atoms with Crippen molar-refractivity contribution in [1.29, 1.82) is 0 Å². The van der Waals surface area contributed by atoms with E-state index in [4.69, 9.17) is 0 Å². The van der Waals surface area contributed by atoms with Crippen LogP contribution in [-0.2, 0) is 34.9 Å². The average Bonchev–Trinajstić information content (AvgIpc) is 3.49. The molecular weight excluding hydrogens is 660 g/mol. The second-order valence-corrected chi connectivity index (χ2v) is 11.6. The van der Waals surface area contributed by atoms with Crippen LogP contribution in [0.5, 0.6) is 0 Å². The topological polar surface area (TPSA) is 37.3 Å². The molecule has 1 atom stereocenters. The molecule has 16 heteroatoms. The summed E-state index contributed by atoms with van der Waals surface area (Å²) in [5.74, 6) is -2.29. The molecule has 0 spiro atoms. The van der Waals surface area contributed by atoms with Gasteiger partial charge in [0.15, 0.2) is 5.41 Å². The molecule has 0 aliphatic rings. The summed E-state index contributed by atoms with van der Waals surface area (Å²) in [4.78, 5) is 11.4. The van der Waals surface area contributed by atoms with E-state index < -0.39 is 83.7 Å². The van der Waals surface area contributed by atoms with E-state index in [0.717, 1.165) is 6.07 Å². The number of halogens is 12. The molecule has 0 aliphatic carbocycles. The number of aliphatic carboxylic acids is 1. The third kappa shape index (κ3) is 5.27. The molecule has 3 aromatic carbocycles. The predicted molar refractivity (Wildman–Crippen MR) is 138 cm³/mol. The molecule has 0 saturated carbocycles. The molecule has 5 rings (SSSR count). The first-order valence-electron chi connectivity index (χ1n) is 11.9. The molecule has 1 unspecified atom stereocenters. The lowest BCUT2D eigenvalue weighted by Crippen LogP contribution is -2.39. The van der Waals surface area contributed by atoms with Gasteiger partial charge in [-0.05, 0) is 59.5 Å². The number of alkyl halides is 12. The van der Waals surface area contributed by atoms with Gasteiger partial charge in [-0.1, -0.05) is 18.2 Å². The minimum absolute atomic E-state index is 0.00765. The van der Waals surface area contributed by atoms with Crippen molar-refractivity contribution in [3.05, 3.63) is 104 Å². The number of hydrogen-bond acceptors (Lipinski definition) is 3. The molecular formula is C28H12F12O2S2.